The summed E-state index contributed by atoms with van der Waals surface area (Å²) in [7, 11) is 2.05. The molecule has 1 heterocycles. The van der Waals surface area contributed by atoms with E-state index < -0.39 is 0 Å². The van der Waals surface area contributed by atoms with Crippen LogP contribution in [0.4, 0.5) is 0 Å². The third-order valence-corrected chi connectivity index (χ3v) is 3.35. The zero-order chi connectivity index (χ0) is 13.1. The van der Waals surface area contributed by atoms with Crippen molar-refractivity contribution >= 4 is 5.84 Å². The number of likely N-dealkylation sites (N-methyl/N-ethyl adjacent to an activating group) is 1. The van der Waals surface area contributed by atoms with Crippen LogP contribution >= 0.6 is 0 Å². The van der Waals surface area contributed by atoms with Crippen molar-refractivity contribution in [3.8, 4) is 5.75 Å². The van der Waals surface area contributed by atoms with E-state index in [0.29, 0.717) is 0 Å². The molecule has 4 heteroatoms. The minimum Gasteiger partial charge on any atom is -0.488 e. The van der Waals surface area contributed by atoms with Crippen molar-refractivity contribution < 1.29 is 4.74 Å². The zero-order valence-electron chi connectivity index (χ0n) is 11.0. The third-order valence-electron chi connectivity index (χ3n) is 3.35. The molecule has 1 aliphatic heterocycles. The van der Waals surface area contributed by atoms with Gasteiger partial charge in [-0.3, -0.25) is 5.41 Å². The van der Waals surface area contributed by atoms with Crippen LogP contribution in [-0.2, 0) is 6.42 Å². The molecular formula is C14H21N3O. The fourth-order valence-corrected chi connectivity index (χ4v) is 2.34. The van der Waals surface area contributed by atoms with Gasteiger partial charge in [0.25, 0.3) is 0 Å². The molecule has 2 atom stereocenters. The number of nitrogens with one attached hydrogen (secondary N) is 1. The third kappa shape index (κ3) is 3.01. The molecule has 2 unspecified atom stereocenters. The van der Waals surface area contributed by atoms with E-state index in [1.807, 2.05) is 32.2 Å². The summed E-state index contributed by atoms with van der Waals surface area (Å²) in [6.07, 6.45) is 1.18. The van der Waals surface area contributed by atoms with Gasteiger partial charge in [0.05, 0.1) is 5.84 Å². The highest BCUT2D eigenvalue weighted by molar-refractivity contribution is 5.79. The van der Waals surface area contributed by atoms with Crippen molar-refractivity contribution in [3.63, 3.8) is 0 Å². The quantitative estimate of drug-likeness (QED) is 0.612. The Balaban J connectivity index is 1.84. The lowest BCUT2D eigenvalue weighted by Crippen LogP contribution is -2.37. The van der Waals surface area contributed by atoms with Crippen molar-refractivity contribution in [1.82, 2.24) is 4.90 Å². The Hall–Kier alpha value is -1.55. The van der Waals surface area contributed by atoms with Gasteiger partial charge in [-0.25, -0.2) is 0 Å². The van der Waals surface area contributed by atoms with Gasteiger partial charge < -0.3 is 15.4 Å². The van der Waals surface area contributed by atoms with Crippen molar-refractivity contribution in [2.24, 2.45) is 11.7 Å². The molecule has 0 radical (unpaired) electrons. The normalized spacial score (nSPS) is 19.4. The van der Waals surface area contributed by atoms with E-state index in [4.69, 9.17) is 15.9 Å². The van der Waals surface area contributed by atoms with Gasteiger partial charge in [-0.05, 0) is 18.7 Å². The first kappa shape index (κ1) is 12.9. The maximum atomic E-state index is 7.40. The Kier molecular flexibility index (Phi) is 3.87. The van der Waals surface area contributed by atoms with Crippen LogP contribution in [0, 0.1) is 11.3 Å². The average molecular weight is 247 g/mol. The Morgan fingerprint density at radius 3 is 2.94 bits per heavy atom. The summed E-state index contributed by atoms with van der Waals surface area (Å²) in [6.45, 7) is 3.64. The number of ether oxygens (including phenoxy) is 1. The van der Waals surface area contributed by atoms with Crippen molar-refractivity contribution in [1.29, 1.82) is 5.41 Å². The molecule has 0 saturated heterocycles. The van der Waals surface area contributed by atoms with Gasteiger partial charge in [0, 0.05) is 25.4 Å². The minimum absolute atomic E-state index is 0.0961. The number of nitrogens with zero attached hydrogens (tertiary/aromatic N) is 1. The van der Waals surface area contributed by atoms with Crippen molar-refractivity contribution in [3.05, 3.63) is 29.8 Å². The molecule has 0 fully saturated rings. The number of nitrogens with two attached hydrogens (primary N) is 1. The van der Waals surface area contributed by atoms with Crippen LogP contribution in [0.1, 0.15) is 12.5 Å². The van der Waals surface area contributed by atoms with E-state index in [-0.39, 0.29) is 17.9 Å². The molecule has 0 saturated carbocycles. The second-order valence-electron chi connectivity index (χ2n) is 5.13. The Labute approximate surface area is 108 Å². The number of benzene rings is 1. The summed E-state index contributed by atoms with van der Waals surface area (Å²) in [5.41, 5.74) is 6.77. The second kappa shape index (κ2) is 5.40. The minimum atomic E-state index is 0.0961. The zero-order valence-corrected chi connectivity index (χ0v) is 11.0. The predicted molar refractivity (Wildman–Crippen MR) is 73.1 cm³/mol. The highest BCUT2D eigenvalue weighted by atomic mass is 16.5. The molecule has 98 valence electrons. The number of para-hydroxylation sites is 1. The van der Waals surface area contributed by atoms with Crippen LogP contribution in [0.15, 0.2) is 24.3 Å². The first-order chi connectivity index (χ1) is 8.56. The molecule has 0 spiro atoms. The van der Waals surface area contributed by atoms with Crippen LogP contribution in [-0.4, -0.2) is 37.0 Å². The topological polar surface area (TPSA) is 62.3 Å². The molecule has 0 amide bonds. The highest BCUT2D eigenvalue weighted by Crippen LogP contribution is 2.28. The number of rotatable bonds is 5. The van der Waals surface area contributed by atoms with Crippen molar-refractivity contribution in [2.45, 2.75) is 19.4 Å². The van der Waals surface area contributed by atoms with E-state index in [1.54, 1.807) is 0 Å². The van der Waals surface area contributed by atoms with E-state index in [9.17, 15) is 0 Å². The Bertz CT molecular complexity index is 408. The van der Waals surface area contributed by atoms with Gasteiger partial charge in [-0.15, -0.1) is 0 Å². The molecule has 1 aromatic rings. The lowest BCUT2D eigenvalue weighted by molar-refractivity contribution is 0.164. The monoisotopic (exact) mass is 247 g/mol. The lowest BCUT2D eigenvalue weighted by atomic mass is 10.1. The Morgan fingerprint density at radius 2 is 2.28 bits per heavy atom. The molecule has 0 bridgehead atoms. The summed E-state index contributed by atoms with van der Waals surface area (Å²) in [5, 5.41) is 7.40. The molecule has 2 rings (SSSR count). The summed E-state index contributed by atoms with van der Waals surface area (Å²) >= 11 is 0. The largest absolute Gasteiger partial charge is 0.488 e. The first-order valence-electron chi connectivity index (χ1n) is 6.33. The van der Waals surface area contributed by atoms with E-state index in [0.717, 1.165) is 25.3 Å². The van der Waals surface area contributed by atoms with Crippen LogP contribution in [0.3, 0.4) is 0 Å². The summed E-state index contributed by atoms with van der Waals surface area (Å²) < 4.78 is 5.89. The van der Waals surface area contributed by atoms with Crippen LogP contribution in [0.2, 0.25) is 0 Å². The van der Waals surface area contributed by atoms with Crippen LogP contribution < -0.4 is 10.5 Å². The van der Waals surface area contributed by atoms with Gasteiger partial charge in [0.15, 0.2) is 0 Å². The van der Waals surface area contributed by atoms with Gasteiger partial charge in [0.1, 0.15) is 11.9 Å². The van der Waals surface area contributed by atoms with Gasteiger partial charge >= 0.3 is 0 Å². The maximum absolute atomic E-state index is 7.40. The number of hydrogen-bond acceptors (Lipinski definition) is 3. The maximum Gasteiger partial charge on any atom is 0.123 e. The van der Waals surface area contributed by atoms with Crippen LogP contribution in [0.25, 0.3) is 0 Å². The van der Waals surface area contributed by atoms with E-state index in [2.05, 4.69) is 11.0 Å². The number of fused-ring (bicyclic) bond motifs is 1. The van der Waals surface area contributed by atoms with Gasteiger partial charge in [-0.2, -0.15) is 0 Å². The molecule has 3 N–H and O–H groups in total. The van der Waals surface area contributed by atoms with Gasteiger partial charge in [-0.1, -0.05) is 25.1 Å². The molecule has 1 aromatic carbocycles. The fourth-order valence-electron chi connectivity index (χ4n) is 2.34. The number of amidine groups is 1. The summed E-state index contributed by atoms with van der Waals surface area (Å²) in [5.74, 6) is 1.35. The summed E-state index contributed by atoms with van der Waals surface area (Å²) in [4.78, 5) is 2.18. The Morgan fingerprint density at radius 1 is 1.56 bits per heavy atom. The SMILES string of the molecule is CC(CN(C)CC1Cc2ccccc2O1)C(=N)N. The molecule has 0 aromatic heterocycles. The van der Waals surface area contributed by atoms with E-state index >= 15 is 0 Å². The highest BCUT2D eigenvalue weighted by Gasteiger charge is 2.23. The lowest BCUT2D eigenvalue weighted by Gasteiger charge is -2.23. The molecular weight excluding hydrogens is 226 g/mol. The molecule has 18 heavy (non-hydrogen) atoms. The average Bonchev–Trinajstić information content (AvgIpc) is 2.70. The second-order valence-corrected chi connectivity index (χ2v) is 5.13. The summed E-state index contributed by atoms with van der Waals surface area (Å²) in [6, 6.07) is 8.19. The smallest absolute Gasteiger partial charge is 0.123 e. The van der Waals surface area contributed by atoms with Crippen molar-refractivity contribution in [2.75, 3.05) is 20.1 Å². The van der Waals surface area contributed by atoms with E-state index in [1.165, 1.54) is 5.56 Å². The molecule has 4 nitrogen and oxygen atoms in total. The fraction of sp³-hybridized carbons (Fsp3) is 0.500. The molecule has 1 aliphatic rings. The standard InChI is InChI=1S/C14H21N3O/c1-10(14(15)16)8-17(2)9-12-7-11-5-3-4-6-13(11)18-12/h3-6,10,12H,7-9H2,1-2H3,(H3,15,16). The van der Waals surface area contributed by atoms with Gasteiger partial charge in [0.2, 0.25) is 0 Å². The number of hydrogen-bond donors (Lipinski definition) is 2. The molecule has 0 aliphatic carbocycles. The predicted octanol–water partition coefficient (Wildman–Crippen LogP) is 1.49. The van der Waals surface area contributed by atoms with Crippen LogP contribution in [0.5, 0.6) is 5.75 Å². The first-order valence-corrected chi connectivity index (χ1v) is 6.33.